The summed E-state index contributed by atoms with van der Waals surface area (Å²) in [7, 11) is 0. The first kappa shape index (κ1) is 25.3. The van der Waals surface area contributed by atoms with Gasteiger partial charge in [-0.05, 0) is 45.0 Å². The van der Waals surface area contributed by atoms with Crippen LogP contribution < -0.4 is 0 Å². The molecule has 0 spiro atoms. The number of hydrogen-bond donors (Lipinski definition) is 0. The second-order valence-corrected chi connectivity index (χ2v) is 6.95. The summed E-state index contributed by atoms with van der Waals surface area (Å²) in [6.45, 7) is 4.87. The van der Waals surface area contributed by atoms with Crippen LogP contribution in [0.5, 0.6) is 0 Å². The van der Waals surface area contributed by atoms with Gasteiger partial charge in [0.05, 0.1) is 34.9 Å². The average Bonchev–Trinajstić information content (AvgIpc) is 2.68. The summed E-state index contributed by atoms with van der Waals surface area (Å²) < 4.78 is 4.99. The van der Waals surface area contributed by atoms with E-state index in [0.29, 0.717) is 27.8 Å². The van der Waals surface area contributed by atoms with Crippen LogP contribution in [0.1, 0.15) is 47.9 Å². The van der Waals surface area contributed by atoms with Crippen molar-refractivity contribution >= 4 is 46.3 Å². The SMILES string of the molecule is CC(=O)CC(=O)c1ccccc1Cl.CCOC=C(C(C)=O)C(=O)c1ccccc1Cl. The van der Waals surface area contributed by atoms with E-state index in [9.17, 15) is 19.2 Å². The predicted molar refractivity (Wildman–Crippen MR) is 117 cm³/mol. The zero-order valence-electron chi connectivity index (χ0n) is 16.9. The summed E-state index contributed by atoms with van der Waals surface area (Å²) in [4.78, 5) is 45.5. The molecule has 0 unspecified atom stereocenters. The second-order valence-electron chi connectivity index (χ2n) is 6.13. The van der Waals surface area contributed by atoms with Crippen LogP contribution in [0.2, 0.25) is 10.0 Å². The highest BCUT2D eigenvalue weighted by Gasteiger charge is 2.19. The molecule has 0 amide bonds. The van der Waals surface area contributed by atoms with Crippen LogP contribution in [-0.4, -0.2) is 29.7 Å². The number of halogens is 2. The Kier molecular flexibility index (Phi) is 10.7. The Labute approximate surface area is 185 Å². The quantitative estimate of drug-likeness (QED) is 0.174. The smallest absolute Gasteiger partial charge is 0.201 e. The van der Waals surface area contributed by atoms with Crippen molar-refractivity contribution in [2.24, 2.45) is 0 Å². The third-order valence-corrected chi connectivity index (χ3v) is 4.35. The minimum absolute atomic E-state index is 0.0000463. The van der Waals surface area contributed by atoms with Gasteiger partial charge in [-0.15, -0.1) is 0 Å². The van der Waals surface area contributed by atoms with Crippen molar-refractivity contribution in [1.29, 1.82) is 0 Å². The number of ketones is 4. The summed E-state index contributed by atoms with van der Waals surface area (Å²) >= 11 is 11.7. The van der Waals surface area contributed by atoms with Gasteiger partial charge in [-0.3, -0.25) is 19.2 Å². The van der Waals surface area contributed by atoms with Gasteiger partial charge in [0, 0.05) is 11.1 Å². The number of Topliss-reactive ketones (excluding diaryl/α,β-unsaturated/α-hetero) is 4. The molecule has 2 aromatic rings. The first-order chi connectivity index (χ1) is 14.2. The number of carbonyl (C=O) groups excluding carboxylic acids is 4. The van der Waals surface area contributed by atoms with Crippen LogP contribution in [0.4, 0.5) is 0 Å². The highest BCUT2D eigenvalue weighted by Crippen LogP contribution is 2.19. The molecule has 0 N–H and O–H groups in total. The zero-order valence-corrected chi connectivity index (χ0v) is 18.4. The van der Waals surface area contributed by atoms with E-state index in [0.717, 1.165) is 0 Å². The average molecular weight is 449 g/mol. The Morgan fingerprint density at radius 1 is 0.867 bits per heavy atom. The van der Waals surface area contributed by atoms with Gasteiger partial charge >= 0.3 is 0 Å². The highest BCUT2D eigenvalue weighted by molar-refractivity contribution is 6.37. The normalized spacial score (nSPS) is 10.5. The molecule has 0 fully saturated rings. The fourth-order valence-electron chi connectivity index (χ4n) is 2.26. The van der Waals surface area contributed by atoms with E-state index >= 15 is 0 Å². The lowest BCUT2D eigenvalue weighted by Gasteiger charge is -2.05. The fourth-order valence-corrected chi connectivity index (χ4v) is 2.72. The van der Waals surface area contributed by atoms with E-state index in [1.165, 1.54) is 20.1 Å². The largest absolute Gasteiger partial charge is 0.501 e. The van der Waals surface area contributed by atoms with Gasteiger partial charge in [-0.1, -0.05) is 47.5 Å². The molecule has 7 heteroatoms. The Bertz CT molecular complexity index is 964. The van der Waals surface area contributed by atoms with Gasteiger partial charge in [0.2, 0.25) is 5.78 Å². The van der Waals surface area contributed by atoms with Crippen LogP contribution in [0.25, 0.3) is 0 Å². The van der Waals surface area contributed by atoms with Crippen molar-refractivity contribution in [3.63, 3.8) is 0 Å². The van der Waals surface area contributed by atoms with Gasteiger partial charge < -0.3 is 4.74 Å². The molecule has 0 aromatic heterocycles. The molecule has 0 radical (unpaired) electrons. The van der Waals surface area contributed by atoms with Crippen LogP contribution in [0, 0.1) is 0 Å². The van der Waals surface area contributed by atoms with Gasteiger partial charge in [-0.2, -0.15) is 0 Å². The molecule has 2 rings (SSSR count). The number of carbonyl (C=O) groups is 4. The molecular formula is C23H22Cl2O5. The van der Waals surface area contributed by atoms with Crippen LogP contribution in [-0.2, 0) is 14.3 Å². The van der Waals surface area contributed by atoms with E-state index in [4.69, 9.17) is 27.9 Å². The Morgan fingerprint density at radius 2 is 1.37 bits per heavy atom. The van der Waals surface area contributed by atoms with E-state index in [1.54, 1.807) is 55.5 Å². The minimum atomic E-state index is -0.420. The lowest BCUT2D eigenvalue weighted by atomic mass is 10.0. The van der Waals surface area contributed by atoms with Gasteiger partial charge in [0.1, 0.15) is 5.78 Å². The lowest BCUT2D eigenvalue weighted by Crippen LogP contribution is -2.11. The highest BCUT2D eigenvalue weighted by atomic mass is 35.5. The third kappa shape index (κ3) is 7.93. The van der Waals surface area contributed by atoms with Crippen molar-refractivity contribution in [3.8, 4) is 0 Å². The second kappa shape index (κ2) is 12.7. The first-order valence-electron chi connectivity index (χ1n) is 9.08. The third-order valence-electron chi connectivity index (χ3n) is 3.69. The molecule has 0 atom stereocenters. The monoisotopic (exact) mass is 448 g/mol. The molecule has 30 heavy (non-hydrogen) atoms. The topological polar surface area (TPSA) is 77.5 Å². The number of ether oxygens (including phenoxy) is 1. The molecule has 0 heterocycles. The van der Waals surface area contributed by atoms with E-state index < -0.39 is 5.78 Å². The molecule has 0 saturated carbocycles. The molecule has 0 bridgehead atoms. The lowest BCUT2D eigenvalue weighted by molar-refractivity contribution is -0.116. The standard InChI is InChI=1S/C13H13ClO3.C10H9ClO2/c1-3-17-8-11(9(2)15)13(16)10-6-4-5-7-12(10)14;1-7(12)6-10(13)8-4-2-3-5-9(8)11/h4-8H,3H2,1-2H3;2-5H,6H2,1H3. The van der Waals surface area contributed by atoms with Crippen LogP contribution >= 0.6 is 23.2 Å². The van der Waals surface area contributed by atoms with Gasteiger partial charge in [-0.25, -0.2) is 0 Å². The van der Waals surface area contributed by atoms with Crippen molar-refractivity contribution in [3.05, 3.63) is 81.5 Å². The van der Waals surface area contributed by atoms with Crippen LogP contribution in [0.15, 0.2) is 60.4 Å². The van der Waals surface area contributed by atoms with Crippen molar-refractivity contribution in [2.75, 3.05) is 6.61 Å². The van der Waals surface area contributed by atoms with Gasteiger partial charge in [0.25, 0.3) is 0 Å². The maximum atomic E-state index is 12.1. The molecule has 0 saturated heterocycles. The Hall–Kier alpha value is -2.76. The summed E-state index contributed by atoms with van der Waals surface area (Å²) in [6.07, 6.45) is 1.11. The Morgan fingerprint density at radius 3 is 1.80 bits per heavy atom. The number of benzene rings is 2. The maximum Gasteiger partial charge on any atom is 0.201 e. The number of rotatable bonds is 8. The summed E-state index contributed by atoms with van der Waals surface area (Å²) in [5, 5.41) is 0.717. The van der Waals surface area contributed by atoms with Crippen molar-refractivity contribution < 1.29 is 23.9 Å². The fraction of sp³-hybridized carbons (Fsp3) is 0.217. The van der Waals surface area contributed by atoms with E-state index in [1.807, 2.05) is 0 Å². The molecule has 5 nitrogen and oxygen atoms in total. The minimum Gasteiger partial charge on any atom is -0.501 e. The number of hydrogen-bond acceptors (Lipinski definition) is 5. The summed E-state index contributed by atoms with van der Waals surface area (Å²) in [6, 6.07) is 13.3. The molecule has 158 valence electrons. The number of allylic oxidation sites excluding steroid dienone is 1. The molecule has 0 aliphatic rings. The molecule has 2 aromatic carbocycles. The summed E-state index contributed by atoms with van der Waals surface area (Å²) in [5.74, 6) is -1.14. The van der Waals surface area contributed by atoms with Crippen LogP contribution in [0.3, 0.4) is 0 Å². The van der Waals surface area contributed by atoms with Crippen molar-refractivity contribution in [1.82, 2.24) is 0 Å². The zero-order chi connectivity index (χ0) is 22.7. The molecular weight excluding hydrogens is 427 g/mol. The van der Waals surface area contributed by atoms with E-state index in [-0.39, 0.29) is 29.3 Å². The van der Waals surface area contributed by atoms with Crippen molar-refractivity contribution in [2.45, 2.75) is 27.2 Å². The first-order valence-corrected chi connectivity index (χ1v) is 9.83. The van der Waals surface area contributed by atoms with Gasteiger partial charge in [0.15, 0.2) is 11.6 Å². The summed E-state index contributed by atoms with van der Waals surface area (Å²) in [5.41, 5.74) is 0.717. The predicted octanol–water partition coefficient (Wildman–Crippen LogP) is 5.53. The van der Waals surface area contributed by atoms with E-state index in [2.05, 4.69) is 0 Å². The maximum absolute atomic E-state index is 12.1. The molecule has 0 aliphatic heterocycles. The molecule has 0 aliphatic carbocycles. The Balaban J connectivity index is 0.000000311.